The molecule has 0 saturated carbocycles. The van der Waals surface area contributed by atoms with Gasteiger partial charge in [-0.15, -0.1) is 0 Å². The van der Waals surface area contributed by atoms with Gasteiger partial charge in [0.05, 0.1) is 24.7 Å². The third kappa shape index (κ3) is 3.55. The number of carbonyl (C=O) groups excluding carboxylic acids is 2. The average Bonchev–Trinajstić information content (AvgIpc) is 2.46. The van der Waals surface area contributed by atoms with Gasteiger partial charge in [0.1, 0.15) is 6.54 Å². The van der Waals surface area contributed by atoms with Crippen molar-refractivity contribution < 1.29 is 27.5 Å². The molecule has 20 heavy (non-hydrogen) atoms. The molecule has 0 heterocycles. The molecular weight excluding hydrogens is 286 g/mol. The highest BCUT2D eigenvalue weighted by atomic mass is 32.2. The number of rotatable bonds is 5. The third-order valence-corrected chi connectivity index (χ3v) is 4.38. The van der Waals surface area contributed by atoms with Gasteiger partial charge in [-0.25, -0.2) is 13.2 Å². The van der Waals surface area contributed by atoms with Gasteiger partial charge in [-0.2, -0.15) is 4.31 Å². The summed E-state index contributed by atoms with van der Waals surface area (Å²) in [6.45, 7) is -0.391. The summed E-state index contributed by atoms with van der Waals surface area (Å²) in [4.78, 5) is 22.3. The largest absolute Gasteiger partial charge is 0.468 e. The molecule has 1 aromatic carbocycles. The Bertz CT molecular complexity index is 593. The Morgan fingerprint density at radius 1 is 1.10 bits per heavy atom. The summed E-state index contributed by atoms with van der Waals surface area (Å²) in [6.07, 6.45) is 0. The first-order chi connectivity index (χ1) is 9.32. The van der Waals surface area contributed by atoms with E-state index in [2.05, 4.69) is 9.47 Å². The number of esters is 2. The van der Waals surface area contributed by atoms with E-state index >= 15 is 0 Å². The first-order valence-electron chi connectivity index (χ1n) is 5.54. The van der Waals surface area contributed by atoms with E-state index in [0.717, 1.165) is 4.31 Å². The summed E-state index contributed by atoms with van der Waals surface area (Å²) in [5.41, 5.74) is 0.238. The molecule has 0 atom stereocenters. The third-order valence-electron chi connectivity index (χ3n) is 2.56. The van der Waals surface area contributed by atoms with E-state index in [9.17, 15) is 18.0 Å². The molecule has 0 amide bonds. The predicted molar refractivity (Wildman–Crippen MR) is 69.6 cm³/mol. The molecule has 7 nitrogen and oxygen atoms in total. The lowest BCUT2D eigenvalue weighted by Gasteiger charge is -2.15. The highest BCUT2D eigenvalue weighted by molar-refractivity contribution is 7.89. The Morgan fingerprint density at radius 3 is 2.10 bits per heavy atom. The first-order valence-corrected chi connectivity index (χ1v) is 6.98. The molecule has 0 N–H and O–H groups in total. The molecule has 0 aliphatic carbocycles. The molecule has 0 saturated heterocycles. The minimum absolute atomic E-state index is 0.0310. The molecule has 110 valence electrons. The smallest absolute Gasteiger partial charge is 0.337 e. The fourth-order valence-corrected chi connectivity index (χ4v) is 2.51. The van der Waals surface area contributed by atoms with Crippen LogP contribution < -0.4 is 0 Å². The van der Waals surface area contributed by atoms with E-state index in [1.165, 1.54) is 45.5 Å². The molecule has 8 heteroatoms. The standard InChI is InChI=1S/C12H15NO6S/c1-13(8-11(14)18-2)20(16,17)10-6-4-9(5-7-10)12(15)19-3/h4-7H,8H2,1-3H3. The maximum atomic E-state index is 12.1. The van der Waals surface area contributed by atoms with E-state index in [-0.39, 0.29) is 10.5 Å². The van der Waals surface area contributed by atoms with Gasteiger partial charge in [0.2, 0.25) is 10.0 Å². The number of carbonyl (C=O) groups is 2. The van der Waals surface area contributed by atoms with Gasteiger partial charge in [0.25, 0.3) is 0 Å². The Balaban J connectivity index is 2.98. The summed E-state index contributed by atoms with van der Waals surface area (Å²) in [7, 11) is -0.141. The zero-order chi connectivity index (χ0) is 15.3. The van der Waals surface area contributed by atoms with Crippen LogP contribution in [0.3, 0.4) is 0 Å². The molecule has 0 bridgehead atoms. The van der Waals surface area contributed by atoms with Crippen LogP contribution in [-0.2, 0) is 24.3 Å². The number of hydrogen-bond acceptors (Lipinski definition) is 6. The van der Waals surface area contributed by atoms with Crippen LogP contribution in [0.15, 0.2) is 29.2 Å². The van der Waals surface area contributed by atoms with Crippen molar-refractivity contribution in [2.75, 3.05) is 27.8 Å². The van der Waals surface area contributed by atoms with Gasteiger partial charge in [-0.05, 0) is 24.3 Å². The molecule has 0 spiro atoms. The van der Waals surface area contributed by atoms with E-state index in [0.29, 0.717) is 0 Å². The molecular formula is C12H15NO6S. The Labute approximate surface area is 117 Å². The van der Waals surface area contributed by atoms with Crippen LogP contribution in [0, 0.1) is 0 Å². The molecule has 1 rings (SSSR count). The van der Waals surface area contributed by atoms with Crippen LogP contribution in [0.4, 0.5) is 0 Å². The molecule has 0 aromatic heterocycles. The van der Waals surface area contributed by atoms with Gasteiger partial charge in [0, 0.05) is 7.05 Å². The lowest BCUT2D eigenvalue weighted by atomic mass is 10.2. The summed E-state index contributed by atoms with van der Waals surface area (Å²) in [5.74, 6) is -1.22. The molecule has 1 aromatic rings. The van der Waals surface area contributed by atoms with Gasteiger partial charge in [-0.1, -0.05) is 0 Å². The van der Waals surface area contributed by atoms with Gasteiger partial charge < -0.3 is 9.47 Å². The van der Waals surface area contributed by atoms with Crippen LogP contribution in [0.2, 0.25) is 0 Å². The number of sulfonamides is 1. The Hall–Kier alpha value is -1.93. The Kier molecular flexibility index (Phi) is 5.23. The van der Waals surface area contributed by atoms with Crippen molar-refractivity contribution in [2.45, 2.75) is 4.90 Å². The van der Waals surface area contributed by atoms with E-state index in [4.69, 9.17) is 0 Å². The van der Waals surface area contributed by atoms with Crippen LogP contribution in [0.1, 0.15) is 10.4 Å². The summed E-state index contributed by atoms with van der Waals surface area (Å²) < 4.78 is 34.1. The fourth-order valence-electron chi connectivity index (χ4n) is 1.39. The van der Waals surface area contributed by atoms with Gasteiger partial charge in [-0.3, -0.25) is 4.79 Å². The quantitative estimate of drug-likeness (QED) is 0.725. The molecule has 0 unspecified atom stereocenters. The Morgan fingerprint density at radius 2 is 1.65 bits per heavy atom. The highest BCUT2D eigenvalue weighted by Crippen LogP contribution is 2.15. The van der Waals surface area contributed by atoms with E-state index in [1.807, 2.05) is 0 Å². The van der Waals surface area contributed by atoms with Crippen molar-refractivity contribution >= 4 is 22.0 Å². The minimum atomic E-state index is -3.81. The number of methoxy groups -OCH3 is 2. The predicted octanol–water partition coefficient (Wildman–Crippen LogP) is 0.267. The summed E-state index contributed by atoms with van der Waals surface area (Å²) >= 11 is 0. The maximum absolute atomic E-state index is 12.1. The minimum Gasteiger partial charge on any atom is -0.468 e. The van der Waals surface area contributed by atoms with E-state index < -0.39 is 28.5 Å². The number of ether oxygens (including phenoxy) is 2. The summed E-state index contributed by atoms with van der Waals surface area (Å²) in [5, 5.41) is 0. The number of hydrogen-bond donors (Lipinski definition) is 0. The average molecular weight is 301 g/mol. The first kappa shape index (κ1) is 16.1. The number of likely N-dealkylation sites (N-methyl/N-ethyl adjacent to an activating group) is 1. The van der Waals surface area contributed by atoms with Gasteiger partial charge >= 0.3 is 11.9 Å². The van der Waals surface area contributed by atoms with Crippen molar-refractivity contribution in [3.63, 3.8) is 0 Å². The van der Waals surface area contributed by atoms with Crippen molar-refractivity contribution in [1.82, 2.24) is 4.31 Å². The maximum Gasteiger partial charge on any atom is 0.337 e. The molecule has 0 aliphatic rings. The SMILES string of the molecule is COC(=O)CN(C)S(=O)(=O)c1ccc(C(=O)OC)cc1. The zero-order valence-corrected chi connectivity index (χ0v) is 12.1. The number of nitrogens with zero attached hydrogens (tertiary/aromatic N) is 1. The van der Waals surface area contributed by atoms with Crippen molar-refractivity contribution in [3.8, 4) is 0 Å². The normalized spacial score (nSPS) is 11.2. The molecule has 0 aliphatic heterocycles. The highest BCUT2D eigenvalue weighted by Gasteiger charge is 2.23. The zero-order valence-electron chi connectivity index (χ0n) is 11.3. The van der Waals surface area contributed by atoms with Crippen molar-refractivity contribution in [2.24, 2.45) is 0 Å². The van der Waals surface area contributed by atoms with Crippen LogP contribution in [0.25, 0.3) is 0 Å². The van der Waals surface area contributed by atoms with E-state index in [1.54, 1.807) is 0 Å². The summed E-state index contributed by atoms with van der Waals surface area (Å²) in [6, 6.07) is 5.22. The number of benzene rings is 1. The second kappa shape index (κ2) is 6.49. The molecule has 0 fully saturated rings. The lowest BCUT2D eigenvalue weighted by molar-refractivity contribution is -0.140. The lowest BCUT2D eigenvalue weighted by Crippen LogP contribution is -2.32. The fraction of sp³-hybridized carbons (Fsp3) is 0.333. The van der Waals surface area contributed by atoms with Crippen LogP contribution in [0.5, 0.6) is 0 Å². The van der Waals surface area contributed by atoms with Gasteiger partial charge in [0.15, 0.2) is 0 Å². The van der Waals surface area contributed by atoms with Crippen LogP contribution >= 0.6 is 0 Å². The second-order valence-corrected chi connectivity index (χ2v) is 5.90. The topological polar surface area (TPSA) is 90.0 Å². The van der Waals surface area contributed by atoms with Crippen molar-refractivity contribution in [3.05, 3.63) is 29.8 Å². The van der Waals surface area contributed by atoms with Crippen molar-refractivity contribution in [1.29, 1.82) is 0 Å². The second-order valence-electron chi connectivity index (χ2n) is 3.85. The monoisotopic (exact) mass is 301 g/mol. The molecule has 0 radical (unpaired) electrons. The van der Waals surface area contributed by atoms with Crippen LogP contribution in [-0.4, -0.2) is 52.5 Å².